The summed E-state index contributed by atoms with van der Waals surface area (Å²) in [5, 5.41) is 3.08. The van der Waals surface area contributed by atoms with E-state index in [4.69, 9.17) is 15.2 Å². The minimum absolute atomic E-state index is 0. The number of nitrogens with one attached hydrogen (secondary N) is 1. The zero-order valence-electron chi connectivity index (χ0n) is 16.6. The summed E-state index contributed by atoms with van der Waals surface area (Å²) in [7, 11) is 3.20. The van der Waals surface area contributed by atoms with E-state index in [2.05, 4.69) is 46.7 Å². The Morgan fingerprint density at radius 2 is 1.52 bits per heavy atom. The van der Waals surface area contributed by atoms with Crippen molar-refractivity contribution in [2.75, 3.05) is 26.1 Å². The summed E-state index contributed by atoms with van der Waals surface area (Å²) in [6.07, 6.45) is 0.823. The number of hydrogen-bond acceptors (Lipinski definition) is 3. The summed E-state index contributed by atoms with van der Waals surface area (Å²) >= 11 is 0. The van der Waals surface area contributed by atoms with E-state index in [0.29, 0.717) is 24.0 Å². The third kappa shape index (κ3) is 6.39. The second-order valence-electron chi connectivity index (χ2n) is 6.27. The fourth-order valence-electron chi connectivity index (χ4n) is 2.90. The molecule has 0 heterocycles. The second-order valence-corrected chi connectivity index (χ2v) is 6.27. The Labute approximate surface area is 189 Å². The van der Waals surface area contributed by atoms with Gasteiger partial charge in [-0.2, -0.15) is 0 Å². The predicted molar refractivity (Wildman–Crippen MR) is 131 cm³/mol. The van der Waals surface area contributed by atoms with E-state index in [-0.39, 0.29) is 24.0 Å². The van der Waals surface area contributed by atoms with Gasteiger partial charge >= 0.3 is 0 Å². The molecule has 29 heavy (non-hydrogen) atoms. The lowest BCUT2D eigenvalue weighted by atomic mass is 10.0. The molecule has 3 aromatic rings. The fraction of sp³-hybridized carbons (Fsp3) is 0.174. The molecule has 0 spiro atoms. The molecule has 0 radical (unpaired) electrons. The lowest BCUT2D eigenvalue weighted by Crippen LogP contribution is -2.23. The number of anilines is 1. The largest absolute Gasteiger partial charge is 0.493 e. The molecule has 0 aliphatic carbocycles. The third-order valence-corrected chi connectivity index (χ3v) is 4.40. The molecule has 0 fully saturated rings. The molecular weight excluding hydrogens is 477 g/mol. The van der Waals surface area contributed by atoms with Crippen LogP contribution in [0, 0.1) is 0 Å². The highest BCUT2D eigenvalue weighted by Gasteiger charge is 2.05. The summed E-state index contributed by atoms with van der Waals surface area (Å²) in [5.41, 5.74) is 10.4. The average molecular weight is 503 g/mol. The summed E-state index contributed by atoms with van der Waals surface area (Å²) in [6, 6.07) is 24.4. The first-order valence-electron chi connectivity index (χ1n) is 9.13. The van der Waals surface area contributed by atoms with Gasteiger partial charge in [-0.15, -0.1) is 24.0 Å². The van der Waals surface area contributed by atoms with Gasteiger partial charge in [-0.05, 0) is 35.2 Å². The highest BCUT2D eigenvalue weighted by Crippen LogP contribution is 2.29. The van der Waals surface area contributed by atoms with Crippen LogP contribution in [-0.4, -0.2) is 26.7 Å². The van der Waals surface area contributed by atoms with Gasteiger partial charge in [0.05, 0.1) is 14.2 Å². The van der Waals surface area contributed by atoms with Crippen LogP contribution < -0.4 is 20.5 Å². The first kappa shape index (κ1) is 22.5. The summed E-state index contributed by atoms with van der Waals surface area (Å²) < 4.78 is 10.5. The number of methoxy groups -OCH3 is 2. The summed E-state index contributed by atoms with van der Waals surface area (Å²) in [6.45, 7) is 0.608. The van der Waals surface area contributed by atoms with Crippen molar-refractivity contribution < 1.29 is 9.47 Å². The molecule has 0 atom stereocenters. The topological polar surface area (TPSA) is 68.9 Å². The van der Waals surface area contributed by atoms with Gasteiger partial charge in [-0.25, -0.2) is 0 Å². The van der Waals surface area contributed by atoms with E-state index in [1.807, 2.05) is 36.4 Å². The van der Waals surface area contributed by atoms with Gasteiger partial charge in [0.25, 0.3) is 0 Å². The van der Waals surface area contributed by atoms with Crippen molar-refractivity contribution in [3.8, 4) is 22.6 Å². The number of ether oxygens (including phenoxy) is 2. The number of rotatable bonds is 7. The monoisotopic (exact) mass is 503 g/mol. The molecule has 0 saturated heterocycles. The normalized spacial score (nSPS) is 10.8. The van der Waals surface area contributed by atoms with Crippen molar-refractivity contribution in [2.24, 2.45) is 10.7 Å². The summed E-state index contributed by atoms with van der Waals surface area (Å²) in [4.78, 5) is 4.40. The number of benzene rings is 3. The lowest BCUT2D eigenvalue weighted by Gasteiger charge is -2.11. The Morgan fingerprint density at radius 1 is 0.862 bits per heavy atom. The number of guanidine groups is 1. The van der Waals surface area contributed by atoms with Crippen LogP contribution in [0.25, 0.3) is 11.1 Å². The van der Waals surface area contributed by atoms with E-state index < -0.39 is 0 Å². The smallest absolute Gasteiger partial charge is 0.193 e. The van der Waals surface area contributed by atoms with E-state index in [1.165, 1.54) is 16.7 Å². The molecule has 0 aliphatic heterocycles. The molecule has 0 unspecified atom stereocenters. The predicted octanol–water partition coefficient (Wildman–Crippen LogP) is 4.96. The average Bonchev–Trinajstić information content (AvgIpc) is 2.74. The Hall–Kier alpha value is -2.74. The molecule has 0 bridgehead atoms. The molecule has 0 saturated carbocycles. The van der Waals surface area contributed by atoms with Crippen molar-refractivity contribution in [3.63, 3.8) is 0 Å². The van der Waals surface area contributed by atoms with Crippen LogP contribution in [0.5, 0.6) is 11.5 Å². The zero-order chi connectivity index (χ0) is 19.8. The van der Waals surface area contributed by atoms with Gasteiger partial charge < -0.3 is 20.5 Å². The molecule has 3 rings (SSSR count). The van der Waals surface area contributed by atoms with E-state index in [9.17, 15) is 0 Å². The van der Waals surface area contributed by atoms with E-state index in [1.54, 1.807) is 14.2 Å². The van der Waals surface area contributed by atoms with Crippen LogP contribution in [-0.2, 0) is 6.42 Å². The molecule has 0 aromatic heterocycles. The van der Waals surface area contributed by atoms with Gasteiger partial charge in [0.1, 0.15) is 0 Å². The first-order valence-corrected chi connectivity index (χ1v) is 9.13. The lowest BCUT2D eigenvalue weighted by molar-refractivity contribution is 0.355. The van der Waals surface area contributed by atoms with Gasteiger partial charge in [0, 0.05) is 18.3 Å². The second kappa shape index (κ2) is 11.3. The Balaban J connectivity index is 0.00000300. The van der Waals surface area contributed by atoms with Crippen molar-refractivity contribution in [1.29, 1.82) is 0 Å². The fourth-order valence-corrected chi connectivity index (χ4v) is 2.90. The van der Waals surface area contributed by atoms with Gasteiger partial charge in [-0.1, -0.05) is 54.6 Å². The molecule has 3 aromatic carbocycles. The number of nitrogens with zero attached hydrogens (tertiary/aromatic N) is 1. The summed E-state index contributed by atoms with van der Waals surface area (Å²) in [5.74, 6) is 1.68. The molecule has 0 aliphatic rings. The van der Waals surface area contributed by atoms with Crippen molar-refractivity contribution >= 4 is 35.6 Å². The van der Waals surface area contributed by atoms with Crippen LogP contribution in [0.15, 0.2) is 77.8 Å². The van der Waals surface area contributed by atoms with Crippen LogP contribution in [0.1, 0.15) is 5.56 Å². The zero-order valence-corrected chi connectivity index (χ0v) is 18.9. The van der Waals surface area contributed by atoms with E-state index in [0.717, 1.165) is 12.1 Å². The number of halogens is 1. The SMILES string of the molecule is COc1ccc(NC(N)=NCCc2ccc(-c3ccccc3)cc2)cc1OC.I. The highest BCUT2D eigenvalue weighted by molar-refractivity contribution is 14.0. The molecule has 5 nitrogen and oxygen atoms in total. The Morgan fingerprint density at radius 3 is 2.17 bits per heavy atom. The third-order valence-electron chi connectivity index (χ3n) is 4.40. The van der Waals surface area contributed by atoms with Crippen LogP contribution >= 0.6 is 24.0 Å². The van der Waals surface area contributed by atoms with Crippen LogP contribution in [0.2, 0.25) is 0 Å². The first-order chi connectivity index (χ1) is 13.7. The van der Waals surface area contributed by atoms with Crippen LogP contribution in [0.3, 0.4) is 0 Å². The van der Waals surface area contributed by atoms with Crippen molar-refractivity contribution in [2.45, 2.75) is 6.42 Å². The number of nitrogens with two attached hydrogens (primary N) is 1. The minimum atomic E-state index is 0. The molecule has 152 valence electrons. The van der Waals surface area contributed by atoms with Gasteiger partial charge in [-0.3, -0.25) is 4.99 Å². The van der Waals surface area contributed by atoms with E-state index >= 15 is 0 Å². The number of aliphatic imine (C=N–C) groups is 1. The molecule has 6 heteroatoms. The minimum Gasteiger partial charge on any atom is -0.493 e. The van der Waals surface area contributed by atoms with Crippen molar-refractivity contribution in [1.82, 2.24) is 0 Å². The highest BCUT2D eigenvalue weighted by atomic mass is 127. The molecule has 3 N–H and O–H groups in total. The molecular formula is C23H26IN3O2. The molecule has 0 amide bonds. The van der Waals surface area contributed by atoms with Crippen molar-refractivity contribution in [3.05, 3.63) is 78.4 Å². The Bertz CT molecular complexity index is 929. The standard InChI is InChI=1S/C23H25N3O2.HI/c1-27-21-13-12-20(16-22(21)28-2)26-23(24)25-15-14-17-8-10-19(11-9-17)18-6-4-3-5-7-18;/h3-13,16H,14-15H2,1-2H3,(H3,24,25,26);1H. The van der Waals surface area contributed by atoms with Gasteiger partial charge in [0.15, 0.2) is 17.5 Å². The Kier molecular flexibility index (Phi) is 8.79. The quantitative estimate of drug-likeness (QED) is 0.272. The maximum absolute atomic E-state index is 6.00. The maximum atomic E-state index is 6.00. The number of hydrogen-bond donors (Lipinski definition) is 2. The van der Waals surface area contributed by atoms with Gasteiger partial charge in [0.2, 0.25) is 0 Å². The van der Waals surface area contributed by atoms with Crippen LogP contribution in [0.4, 0.5) is 5.69 Å². The maximum Gasteiger partial charge on any atom is 0.193 e.